The first kappa shape index (κ1) is 59.6. The highest BCUT2D eigenvalue weighted by molar-refractivity contribution is 5.71. The topological polar surface area (TPSA) is 78.9 Å². The molecule has 0 heterocycles. The Morgan fingerprint density at radius 2 is 0.635 bits per heavy atom. The van der Waals surface area contributed by atoms with E-state index in [-0.39, 0.29) is 37.5 Å². The zero-order chi connectivity index (χ0) is 45.8. The van der Waals surface area contributed by atoms with Gasteiger partial charge in [-0.05, 0) is 109 Å². The first-order chi connectivity index (χ1) is 31.0. The Morgan fingerprint density at radius 1 is 0.333 bits per heavy atom. The van der Waals surface area contributed by atoms with E-state index in [0.717, 1.165) is 89.9 Å². The van der Waals surface area contributed by atoms with E-state index in [9.17, 15) is 14.4 Å². The standard InChI is InChI=1S/C57H96O6/c1-4-7-10-13-16-19-22-25-27-28-30-32-35-38-41-44-47-50-56(59)62-53-54(52-61-55(58)49-46-43-40-37-34-31-24-21-18-15-12-9-6-3)63-57(60)51-48-45-42-39-36-33-29-26-23-20-17-14-11-8-5-2/h7,10,16,19-21,23-25,27,30,32,38,41,54H,4-6,8-9,11-15,17-18,22,26,28-29,31,33-37,39-40,42-53H2,1-3H3/b10-7+,19-16+,23-20+,24-21+,27-25+,32-30+,41-38+/t54-/m1/s1. The minimum atomic E-state index is -0.804. The molecule has 360 valence electrons. The molecule has 63 heavy (non-hydrogen) atoms. The van der Waals surface area contributed by atoms with Gasteiger partial charge in [-0.15, -0.1) is 0 Å². The molecule has 0 saturated heterocycles. The third kappa shape index (κ3) is 49.5. The first-order valence-electron chi connectivity index (χ1n) is 26.1. The van der Waals surface area contributed by atoms with Crippen LogP contribution in [0.3, 0.4) is 0 Å². The summed E-state index contributed by atoms with van der Waals surface area (Å²) >= 11 is 0. The Kier molecular flexibility index (Phi) is 48.5. The van der Waals surface area contributed by atoms with Gasteiger partial charge in [0.2, 0.25) is 0 Å². The van der Waals surface area contributed by atoms with Crippen molar-refractivity contribution in [3.8, 4) is 0 Å². The fraction of sp³-hybridized carbons (Fsp3) is 0.702. The molecule has 0 unspecified atom stereocenters. The van der Waals surface area contributed by atoms with E-state index in [1.165, 1.54) is 103 Å². The molecule has 0 aromatic carbocycles. The van der Waals surface area contributed by atoms with Crippen LogP contribution in [0, 0.1) is 0 Å². The van der Waals surface area contributed by atoms with Gasteiger partial charge in [-0.25, -0.2) is 0 Å². The van der Waals surface area contributed by atoms with Crippen LogP contribution in [0.4, 0.5) is 0 Å². The van der Waals surface area contributed by atoms with Crippen molar-refractivity contribution in [3.63, 3.8) is 0 Å². The molecule has 0 radical (unpaired) electrons. The molecular weight excluding hydrogens is 781 g/mol. The number of rotatable bonds is 46. The highest BCUT2D eigenvalue weighted by atomic mass is 16.6. The zero-order valence-corrected chi connectivity index (χ0v) is 41.1. The molecule has 0 aliphatic carbocycles. The first-order valence-corrected chi connectivity index (χ1v) is 26.1. The molecule has 0 aromatic heterocycles. The van der Waals surface area contributed by atoms with Crippen molar-refractivity contribution < 1.29 is 28.6 Å². The van der Waals surface area contributed by atoms with Crippen molar-refractivity contribution in [2.45, 2.75) is 245 Å². The molecule has 0 rings (SSSR count). The highest BCUT2D eigenvalue weighted by Gasteiger charge is 2.19. The maximum atomic E-state index is 12.8. The van der Waals surface area contributed by atoms with E-state index in [4.69, 9.17) is 14.2 Å². The lowest BCUT2D eigenvalue weighted by Crippen LogP contribution is -2.30. The van der Waals surface area contributed by atoms with Crippen LogP contribution in [0.25, 0.3) is 0 Å². The Balaban J connectivity index is 4.49. The smallest absolute Gasteiger partial charge is 0.306 e. The second-order valence-corrected chi connectivity index (χ2v) is 17.0. The van der Waals surface area contributed by atoms with E-state index in [0.29, 0.717) is 19.3 Å². The van der Waals surface area contributed by atoms with Crippen molar-refractivity contribution in [1.29, 1.82) is 0 Å². The van der Waals surface area contributed by atoms with Gasteiger partial charge >= 0.3 is 17.9 Å². The van der Waals surface area contributed by atoms with Crippen LogP contribution in [-0.4, -0.2) is 37.2 Å². The van der Waals surface area contributed by atoms with Gasteiger partial charge in [0.25, 0.3) is 0 Å². The Morgan fingerprint density at radius 3 is 1.05 bits per heavy atom. The Bertz CT molecular complexity index is 1240. The van der Waals surface area contributed by atoms with Crippen LogP contribution in [0.1, 0.15) is 239 Å². The lowest BCUT2D eigenvalue weighted by Gasteiger charge is -2.18. The van der Waals surface area contributed by atoms with Gasteiger partial charge in [-0.1, -0.05) is 196 Å². The summed E-state index contributed by atoms with van der Waals surface area (Å²) in [6.07, 6.45) is 65.7. The van der Waals surface area contributed by atoms with Gasteiger partial charge in [-0.3, -0.25) is 14.4 Å². The zero-order valence-electron chi connectivity index (χ0n) is 41.1. The highest BCUT2D eigenvalue weighted by Crippen LogP contribution is 2.13. The summed E-state index contributed by atoms with van der Waals surface area (Å²) in [4.78, 5) is 38.0. The molecule has 0 amide bonds. The minimum Gasteiger partial charge on any atom is -0.462 e. The lowest BCUT2D eigenvalue weighted by molar-refractivity contribution is -0.167. The van der Waals surface area contributed by atoms with Crippen LogP contribution in [0.2, 0.25) is 0 Å². The third-order valence-electron chi connectivity index (χ3n) is 10.9. The van der Waals surface area contributed by atoms with E-state index in [1.54, 1.807) is 0 Å². The average molecular weight is 877 g/mol. The van der Waals surface area contributed by atoms with Gasteiger partial charge in [-0.2, -0.15) is 0 Å². The SMILES string of the molecule is CC/C=C/C/C=C/C/C=C/C/C=C/C/C=C/CCCC(=O)OC[C@@H](COC(=O)CCCCCCC/C=C/CCCCCC)OC(=O)CCCCCCCCC/C=C/CCCCCC. The van der Waals surface area contributed by atoms with Crippen molar-refractivity contribution in [3.05, 3.63) is 85.1 Å². The Labute approximate surface area is 388 Å². The summed E-state index contributed by atoms with van der Waals surface area (Å²) in [6, 6.07) is 0. The largest absolute Gasteiger partial charge is 0.462 e. The molecule has 0 saturated carbocycles. The molecule has 0 fully saturated rings. The van der Waals surface area contributed by atoms with Gasteiger partial charge in [0.05, 0.1) is 0 Å². The summed E-state index contributed by atoms with van der Waals surface area (Å²) < 4.78 is 16.7. The van der Waals surface area contributed by atoms with Crippen LogP contribution >= 0.6 is 0 Å². The normalized spacial score (nSPS) is 12.7. The fourth-order valence-electron chi connectivity index (χ4n) is 6.94. The monoisotopic (exact) mass is 877 g/mol. The predicted molar refractivity (Wildman–Crippen MR) is 270 cm³/mol. The van der Waals surface area contributed by atoms with E-state index in [1.807, 2.05) is 0 Å². The molecule has 0 spiro atoms. The molecular formula is C57H96O6. The predicted octanol–water partition coefficient (Wildman–Crippen LogP) is 17.2. The number of allylic oxidation sites excluding steroid dienone is 14. The van der Waals surface area contributed by atoms with E-state index in [2.05, 4.69) is 106 Å². The Hall–Kier alpha value is -3.41. The molecule has 0 N–H and O–H groups in total. The molecule has 1 atom stereocenters. The summed E-state index contributed by atoms with van der Waals surface area (Å²) in [5.41, 5.74) is 0. The molecule has 0 aliphatic heterocycles. The summed E-state index contributed by atoms with van der Waals surface area (Å²) in [5, 5.41) is 0. The molecule has 0 aromatic rings. The van der Waals surface area contributed by atoms with E-state index < -0.39 is 6.10 Å². The second-order valence-electron chi connectivity index (χ2n) is 17.0. The number of carbonyl (C=O) groups is 3. The van der Waals surface area contributed by atoms with Crippen molar-refractivity contribution in [2.24, 2.45) is 0 Å². The molecule has 0 bridgehead atoms. The maximum Gasteiger partial charge on any atom is 0.306 e. The van der Waals surface area contributed by atoms with Crippen molar-refractivity contribution >= 4 is 17.9 Å². The van der Waals surface area contributed by atoms with E-state index >= 15 is 0 Å². The number of unbranched alkanes of at least 4 members (excludes halogenated alkanes) is 21. The number of hydrogen-bond donors (Lipinski definition) is 0. The second kappa shape index (κ2) is 51.2. The third-order valence-corrected chi connectivity index (χ3v) is 10.9. The summed E-state index contributed by atoms with van der Waals surface area (Å²) in [7, 11) is 0. The summed E-state index contributed by atoms with van der Waals surface area (Å²) in [6.45, 7) is 6.43. The van der Waals surface area contributed by atoms with Crippen molar-refractivity contribution in [2.75, 3.05) is 13.2 Å². The molecule has 0 aliphatic rings. The minimum absolute atomic E-state index is 0.100. The lowest BCUT2D eigenvalue weighted by atomic mass is 10.1. The van der Waals surface area contributed by atoms with Crippen LogP contribution < -0.4 is 0 Å². The van der Waals surface area contributed by atoms with Gasteiger partial charge in [0.15, 0.2) is 6.10 Å². The van der Waals surface area contributed by atoms with Gasteiger partial charge in [0.1, 0.15) is 13.2 Å². The van der Waals surface area contributed by atoms with Gasteiger partial charge < -0.3 is 14.2 Å². The fourth-order valence-corrected chi connectivity index (χ4v) is 6.94. The number of hydrogen-bond acceptors (Lipinski definition) is 6. The molecule has 6 nitrogen and oxygen atoms in total. The summed E-state index contributed by atoms with van der Waals surface area (Å²) in [5.74, 6) is -0.974. The number of esters is 3. The number of carbonyl (C=O) groups excluding carboxylic acids is 3. The maximum absolute atomic E-state index is 12.8. The van der Waals surface area contributed by atoms with Crippen molar-refractivity contribution in [1.82, 2.24) is 0 Å². The molecule has 6 heteroatoms. The number of ether oxygens (including phenoxy) is 3. The van der Waals surface area contributed by atoms with Crippen LogP contribution in [-0.2, 0) is 28.6 Å². The quantitative estimate of drug-likeness (QED) is 0.0262. The van der Waals surface area contributed by atoms with Crippen LogP contribution in [0.15, 0.2) is 85.1 Å². The van der Waals surface area contributed by atoms with Crippen LogP contribution in [0.5, 0.6) is 0 Å². The average Bonchev–Trinajstić information content (AvgIpc) is 3.28. The van der Waals surface area contributed by atoms with Gasteiger partial charge in [0, 0.05) is 19.3 Å².